The van der Waals surface area contributed by atoms with Crippen molar-refractivity contribution in [1.29, 1.82) is 0 Å². The highest BCUT2D eigenvalue weighted by molar-refractivity contribution is 6.13. The third-order valence-electron chi connectivity index (χ3n) is 7.06. The first-order valence-corrected chi connectivity index (χ1v) is 11.9. The smallest absolute Gasteiger partial charge is 0.346 e. The number of benzene rings is 4. The molecule has 0 N–H and O–H groups in total. The molecule has 0 radical (unpaired) electrons. The molecule has 3 heteroatoms. The minimum absolute atomic E-state index is 0.438. The molecule has 0 saturated heterocycles. The summed E-state index contributed by atoms with van der Waals surface area (Å²) in [5, 5.41) is 3.83. The third kappa shape index (κ3) is 4.04. The molecule has 0 aliphatic heterocycles. The van der Waals surface area contributed by atoms with Gasteiger partial charge in [0.2, 0.25) is 0 Å². The summed E-state index contributed by atoms with van der Waals surface area (Å²) < 4.78 is 5.43. The van der Waals surface area contributed by atoms with Crippen LogP contribution in [0.15, 0.2) is 72.8 Å². The van der Waals surface area contributed by atoms with Crippen LogP contribution in [0.25, 0.3) is 21.5 Å². The summed E-state index contributed by atoms with van der Waals surface area (Å²) in [6.07, 6.45) is 7.18. The normalized spacial score (nSPS) is 15.6. The lowest BCUT2D eigenvalue weighted by molar-refractivity contribution is 0.0400. The first-order valence-electron chi connectivity index (χ1n) is 11.9. The number of fused-ring (bicyclic) bond motifs is 2. The topological polar surface area (TPSA) is 43.4 Å². The van der Waals surface area contributed by atoms with E-state index in [1.54, 1.807) is 0 Å². The van der Waals surface area contributed by atoms with Gasteiger partial charge in [0.15, 0.2) is 0 Å². The highest BCUT2D eigenvalue weighted by Crippen LogP contribution is 2.36. The molecule has 2 fully saturated rings. The maximum absolute atomic E-state index is 13.1. The fourth-order valence-electron chi connectivity index (χ4n) is 4.90. The van der Waals surface area contributed by atoms with Gasteiger partial charge in [-0.15, -0.1) is 0 Å². The van der Waals surface area contributed by atoms with Crippen molar-refractivity contribution in [2.45, 2.75) is 38.5 Å². The molecule has 4 aromatic carbocycles. The van der Waals surface area contributed by atoms with Crippen LogP contribution in [0.4, 0.5) is 0 Å². The number of carbonyl (C=O) groups excluding carboxylic acids is 2. The van der Waals surface area contributed by atoms with Crippen molar-refractivity contribution in [3.8, 4) is 0 Å². The summed E-state index contributed by atoms with van der Waals surface area (Å²) in [4.78, 5) is 26.2. The van der Waals surface area contributed by atoms with Gasteiger partial charge in [-0.3, -0.25) is 0 Å². The quantitative estimate of drug-likeness (QED) is 0.245. The first kappa shape index (κ1) is 20.2. The molecule has 6 rings (SSSR count). The molecule has 3 nitrogen and oxygen atoms in total. The fourth-order valence-corrected chi connectivity index (χ4v) is 4.90. The van der Waals surface area contributed by atoms with Crippen molar-refractivity contribution < 1.29 is 14.3 Å². The molecule has 164 valence electrons. The van der Waals surface area contributed by atoms with Gasteiger partial charge in [0.1, 0.15) is 0 Å². The Hall–Kier alpha value is -3.46. The summed E-state index contributed by atoms with van der Waals surface area (Å²) in [7, 11) is 0. The van der Waals surface area contributed by atoms with Gasteiger partial charge in [-0.1, -0.05) is 60.7 Å². The van der Waals surface area contributed by atoms with Crippen LogP contribution in [0.1, 0.15) is 57.5 Å². The highest BCUT2D eigenvalue weighted by atomic mass is 16.6. The van der Waals surface area contributed by atoms with E-state index in [1.807, 2.05) is 60.7 Å². The molecule has 4 aromatic rings. The molecule has 0 bridgehead atoms. The highest BCUT2D eigenvalue weighted by Gasteiger charge is 2.25. The predicted molar refractivity (Wildman–Crippen MR) is 130 cm³/mol. The van der Waals surface area contributed by atoms with E-state index < -0.39 is 11.9 Å². The second kappa shape index (κ2) is 8.15. The second-order valence-corrected chi connectivity index (χ2v) is 9.61. The molecule has 2 aliphatic carbocycles. The van der Waals surface area contributed by atoms with Gasteiger partial charge in [-0.05, 0) is 95.2 Å². The molecule has 0 heterocycles. The zero-order valence-corrected chi connectivity index (χ0v) is 18.6. The van der Waals surface area contributed by atoms with Crippen LogP contribution in [-0.4, -0.2) is 11.9 Å². The number of carbonyl (C=O) groups is 2. The van der Waals surface area contributed by atoms with Crippen molar-refractivity contribution in [1.82, 2.24) is 0 Å². The van der Waals surface area contributed by atoms with E-state index in [1.165, 1.54) is 36.8 Å². The number of hydrogen-bond donors (Lipinski definition) is 0. The second-order valence-electron chi connectivity index (χ2n) is 9.61. The summed E-state index contributed by atoms with van der Waals surface area (Å²) in [5.74, 6) is 0.313. The van der Waals surface area contributed by atoms with Crippen LogP contribution in [-0.2, 0) is 17.6 Å². The van der Waals surface area contributed by atoms with E-state index in [9.17, 15) is 9.59 Å². The zero-order valence-electron chi connectivity index (χ0n) is 18.6. The van der Waals surface area contributed by atoms with Gasteiger partial charge in [-0.2, -0.15) is 0 Å². The monoisotopic (exact) mass is 434 g/mol. The minimum atomic E-state index is -0.597. The Bertz CT molecular complexity index is 1290. The molecule has 2 saturated carbocycles. The Kier molecular flexibility index (Phi) is 4.98. The van der Waals surface area contributed by atoms with Crippen LogP contribution in [0.3, 0.4) is 0 Å². The Morgan fingerprint density at radius 3 is 1.36 bits per heavy atom. The van der Waals surface area contributed by atoms with Crippen molar-refractivity contribution in [3.63, 3.8) is 0 Å². The van der Waals surface area contributed by atoms with Crippen LogP contribution in [0, 0.1) is 11.8 Å². The van der Waals surface area contributed by atoms with E-state index in [4.69, 9.17) is 4.74 Å². The van der Waals surface area contributed by atoms with Crippen molar-refractivity contribution in [3.05, 3.63) is 95.1 Å². The number of ether oxygens (including phenoxy) is 1. The Balaban J connectivity index is 1.31. The van der Waals surface area contributed by atoms with Gasteiger partial charge in [0.25, 0.3) is 0 Å². The van der Waals surface area contributed by atoms with Crippen molar-refractivity contribution >= 4 is 33.5 Å². The predicted octanol–water partition coefficient (Wildman–Crippen LogP) is 6.90. The standard InChI is InChI=1S/C30H26O3/c31-29(27-15-13-21(17-19-9-10-19)23-5-1-3-7-25(23)27)33-30(32)28-16-14-22(18-20-11-12-20)24-6-2-4-8-26(24)28/h1-8,13-16,19-20H,9-12,17-18H2. The molecule has 2 aliphatic rings. The molecular formula is C30H26O3. The minimum Gasteiger partial charge on any atom is -0.386 e. The first-order chi connectivity index (χ1) is 16.2. The molecule has 0 spiro atoms. The summed E-state index contributed by atoms with van der Waals surface area (Å²) in [5.41, 5.74) is 3.39. The van der Waals surface area contributed by atoms with Gasteiger partial charge >= 0.3 is 11.9 Å². The summed E-state index contributed by atoms with van der Waals surface area (Å²) in [6, 6.07) is 23.5. The lowest BCUT2D eigenvalue weighted by Crippen LogP contribution is -2.14. The average Bonchev–Trinajstić information content (AvgIpc) is 3.76. The van der Waals surface area contributed by atoms with E-state index in [0.717, 1.165) is 46.2 Å². The largest absolute Gasteiger partial charge is 0.386 e. The van der Waals surface area contributed by atoms with Crippen LogP contribution in [0.2, 0.25) is 0 Å². The summed E-state index contributed by atoms with van der Waals surface area (Å²) in [6.45, 7) is 0. The lowest BCUT2D eigenvalue weighted by atomic mass is 9.96. The van der Waals surface area contributed by atoms with Gasteiger partial charge in [0, 0.05) is 0 Å². The van der Waals surface area contributed by atoms with Gasteiger partial charge in [-0.25, -0.2) is 9.59 Å². The molecular weight excluding hydrogens is 408 g/mol. The molecule has 0 atom stereocenters. The lowest BCUT2D eigenvalue weighted by Gasteiger charge is -2.12. The summed E-state index contributed by atoms with van der Waals surface area (Å²) >= 11 is 0. The number of esters is 2. The van der Waals surface area contributed by atoms with Crippen molar-refractivity contribution in [2.24, 2.45) is 11.8 Å². The SMILES string of the molecule is O=C(OC(=O)c1ccc(CC2CC2)c2ccccc12)c1ccc(CC2CC2)c2ccccc12. The van der Waals surface area contributed by atoms with E-state index in [0.29, 0.717) is 11.1 Å². The third-order valence-corrected chi connectivity index (χ3v) is 7.06. The van der Waals surface area contributed by atoms with Crippen molar-refractivity contribution in [2.75, 3.05) is 0 Å². The fraction of sp³-hybridized carbons (Fsp3) is 0.267. The molecule has 0 amide bonds. The van der Waals surface area contributed by atoms with E-state index in [2.05, 4.69) is 12.1 Å². The Morgan fingerprint density at radius 2 is 0.970 bits per heavy atom. The number of rotatable bonds is 6. The van der Waals surface area contributed by atoms with Gasteiger partial charge in [0.05, 0.1) is 11.1 Å². The van der Waals surface area contributed by atoms with Crippen LogP contribution >= 0.6 is 0 Å². The Labute approximate surface area is 193 Å². The van der Waals surface area contributed by atoms with Gasteiger partial charge < -0.3 is 4.74 Å². The maximum atomic E-state index is 13.1. The Morgan fingerprint density at radius 1 is 0.576 bits per heavy atom. The van der Waals surface area contributed by atoms with Crippen LogP contribution in [0.5, 0.6) is 0 Å². The zero-order chi connectivity index (χ0) is 22.4. The van der Waals surface area contributed by atoms with E-state index >= 15 is 0 Å². The van der Waals surface area contributed by atoms with Crippen LogP contribution < -0.4 is 0 Å². The molecule has 33 heavy (non-hydrogen) atoms. The number of hydrogen-bond acceptors (Lipinski definition) is 3. The average molecular weight is 435 g/mol. The molecule has 0 unspecified atom stereocenters. The molecule has 0 aromatic heterocycles. The maximum Gasteiger partial charge on any atom is 0.346 e. The van der Waals surface area contributed by atoms with E-state index in [-0.39, 0.29) is 0 Å².